The van der Waals surface area contributed by atoms with Gasteiger partial charge in [-0.05, 0) is 0 Å². The van der Waals surface area contributed by atoms with Crippen molar-refractivity contribution in [2.24, 2.45) is 0 Å². The lowest BCUT2D eigenvalue weighted by Gasteiger charge is -2.21. The molecule has 1 aliphatic rings. The second-order valence-electron chi connectivity index (χ2n) is 1.56. The lowest BCUT2D eigenvalue weighted by atomic mass is 10.4. The van der Waals surface area contributed by atoms with Crippen LogP contribution >= 0.6 is 0 Å². The van der Waals surface area contributed by atoms with Gasteiger partial charge in [0.05, 0.1) is 13.0 Å². The Balaban J connectivity index is 2.33. The topological polar surface area (TPSA) is 18.5 Å². The fourth-order valence-electron chi connectivity index (χ4n) is 0.450. The van der Waals surface area contributed by atoms with Gasteiger partial charge in [-0.2, -0.15) is 8.78 Å². The molecule has 1 rings (SSSR count). The number of alkyl halides is 2. The Bertz CT molecular complexity index is 76.1. The average Bonchev–Trinajstić information content (AvgIpc) is 1.65. The van der Waals surface area contributed by atoms with Crippen molar-refractivity contribution in [1.29, 1.82) is 0 Å². The van der Waals surface area contributed by atoms with Crippen LogP contribution in [0.5, 0.6) is 0 Å². The van der Waals surface area contributed by atoms with E-state index in [0.717, 1.165) is 0 Å². The van der Waals surface area contributed by atoms with E-state index >= 15 is 0 Å². The Kier molecular flexibility index (Phi) is 1.44. The molecule has 1 aliphatic heterocycles. The monoisotopic (exact) mass is 124 g/mol. The third kappa shape index (κ3) is 1.38. The predicted octanol–water partition coefficient (Wildman–Crippen LogP) is 0.974. The minimum atomic E-state index is -2.95. The number of hydrogen-bond acceptors (Lipinski definition) is 2. The Morgan fingerprint density at radius 1 is 1.38 bits per heavy atom. The smallest absolute Gasteiger partial charge is 0.355 e. The fraction of sp³-hybridized carbons (Fsp3) is 1.00. The van der Waals surface area contributed by atoms with Crippen molar-refractivity contribution in [3.63, 3.8) is 0 Å². The molecule has 1 fully saturated rings. The molecule has 0 bridgehead atoms. The van der Waals surface area contributed by atoms with Crippen LogP contribution in [0.25, 0.3) is 0 Å². The second kappa shape index (κ2) is 1.95. The number of ether oxygens (including phenoxy) is 2. The molecule has 0 aromatic carbocycles. The van der Waals surface area contributed by atoms with Gasteiger partial charge in [0.1, 0.15) is 0 Å². The summed E-state index contributed by atoms with van der Waals surface area (Å²) in [6.45, 7) is -0.194. The summed E-state index contributed by atoms with van der Waals surface area (Å²) in [5.74, 6) is 0. The summed E-state index contributed by atoms with van der Waals surface area (Å²) >= 11 is 0. The maximum atomic E-state index is 11.9. The standard InChI is InChI=1S/C4H6F2O2/c5-4(6)1-2-7-3-8-4/h1-3H2. The molecule has 0 aromatic rings. The first kappa shape index (κ1) is 5.91. The van der Waals surface area contributed by atoms with Gasteiger partial charge in [-0.15, -0.1) is 0 Å². The number of hydrogen-bond donors (Lipinski definition) is 0. The van der Waals surface area contributed by atoms with Crippen molar-refractivity contribution in [1.82, 2.24) is 0 Å². The van der Waals surface area contributed by atoms with E-state index in [9.17, 15) is 8.78 Å². The summed E-state index contributed by atoms with van der Waals surface area (Å²) in [5, 5.41) is 0. The molecule has 0 unspecified atom stereocenters. The summed E-state index contributed by atoms with van der Waals surface area (Å²) in [4.78, 5) is 0. The van der Waals surface area contributed by atoms with Gasteiger partial charge in [-0.1, -0.05) is 0 Å². The first-order chi connectivity index (χ1) is 3.71. The maximum Gasteiger partial charge on any atom is 0.359 e. The van der Waals surface area contributed by atoms with E-state index in [1.54, 1.807) is 0 Å². The lowest BCUT2D eigenvalue weighted by molar-refractivity contribution is -0.314. The lowest BCUT2D eigenvalue weighted by Crippen LogP contribution is -2.29. The molecule has 0 spiro atoms. The maximum absolute atomic E-state index is 11.9. The van der Waals surface area contributed by atoms with Gasteiger partial charge >= 0.3 is 6.11 Å². The molecular weight excluding hydrogens is 118 g/mol. The van der Waals surface area contributed by atoms with E-state index in [2.05, 4.69) is 9.47 Å². The van der Waals surface area contributed by atoms with Gasteiger partial charge in [0.2, 0.25) is 0 Å². The normalized spacial score (nSPS) is 27.8. The van der Waals surface area contributed by atoms with Crippen LogP contribution in [0, 0.1) is 0 Å². The summed E-state index contributed by atoms with van der Waals surface area (Å²) in [7, 11) is 0. The van der Waals surface area contributed by atoms with Gasteiger partial charge in [0.25, 0.3) is 0 Å². The average molecular weight is 124 g/mol. The van der Waals surface area contributed by atoms with Crippen LogP contribution in [0.3, 0.4) is 0 Å². The molecule has 0 aliphatic carbocycles. The Hall–Kier alpha value is -0.220. The van der Waals surface area contributed by atoms with E-state index in [4.69, 9.17) is 0 Å². The van der Waals surface area contributed by atoms with Gasteiger partial charge < -0.3 is 4.74 Å². The van der Waals surface area contributed by atoms with E-state index in [1.165, 1.54) is 0 Å². The molecule has 8 heavy (non-hydrogen) atoms. The molecular formula is C4H6F2O2. The second-order valence-corrected chi connectivity index (χ2v) is 1.56. The van der Waals surface area contributed by atoms with E-state index in [0.29, 0.717) is 0 Å². The van der Waals surface area contributed by atoms with Gasteiger partial charge in [0, 0.05) is 0 Å². The molecule has 0 aromatic heterocycles. The first-order valence-corrected chi connectivity index (χ1v) is 2.30. The van der Waals surface area contributed by atoms with Crippen molar-refractivity contribution >= 4 is 0 Å². The first-order valence-electron chi connectivity index (χ1n) is 2.30. The Labute approximate surface area is 45.4 Å². The van der Waals surface area contributed by atoms with Crippen LogP contribution in [-0.4, -0.2) is 19.5 Å². The summed E-state index contributed by atoms with van der Waals surface area (Å²) in [6, 6.07) is 0. The third-order valence-corrected chi connectivity index (χ3v) is 0.891. The summed E-state index contributed by atoms with van der Waals surface area (Å²) in [5.41, 5.74) is 0. The molecule has 0 atom stereocenters. The molecule has 1 heterocycles. The van der Waals surface area contributed by atoms with Crippen LogP contribution in [0.2, 0.25) is 0 Å². The van der Waals surface area contributed by atoms with Gasteiger partial charge in [0.15, 0.2) is 6.79 Å². The predicted molar refractivity (Wildman–Crippen MR) is 21.5 cm³/mol. The van der Waals surface area contributed by atoms with Crippen LogP contribution < -0.4 is 0 Å². The van der Waals surface area contributed by atoms with Crippen molar-refractivity contribution in [2.45, 2.75) is 12.5 Å². The Morgan fingerprint density at radius 2 is 2.12 bits per heavy atom. The van der Waals surface area contributed by atoms with Crippen molar-refractivity contribution in [3.8, 4) is 0 Å². The zero-order valence-corrected chi connectivity index (χ0v) is 4.19. The molecule has 48 valence electrons. The van der Waals surface area contributed by atoms with Crippen molar-refractivity contribution < 1.29 is 18.3 Å². The summed E-state index contributed by atoms with van der Waals surface area (Å²) in [6.07, 6.45) is -3.27. The zero-order chi connectivity index (χ0) is 6.04. The van der Waals surface area contributed by atoms with Crippen molar-refractivity contribution in [2.75, 3.05) is 13.4 Å². The molecule has 2 nitrogen and oxygen atoms in total. The zero-order valence-electron chi connectivity index (χ0n) is 4.19. The van der Waals surface area contributed by atoms with Crippen LogP contribution in [-0.2, 0) is 9.47 Å². The van der Waals surface area contributed by atoms with Crippen molar-refractivity contribution in [3.05, 3.63) is 0 Å². The van der Waals surface area contributed by atoms with Crippen LogP contribution in [0.4, 0.5) is 8.78 Å². The molecule has 4 heteroatoms. The fourth-order valence-corrected chi connectivity index (χ4v) is 0.450. The largest absolute Gasteiger partial charge is 0.359 e. The quantitative estimate of drug-likeness (QED) is 0.479. The highest BCUT2D eigenvalue weighted by Gasteiger charge is 2.32. The highest BCUT2D eigenvalue weighted by molar-refractivity contribution is 4.53. The molecule has 0 radical (unpaired) electrons. The van der Waals surface area contributed by atoms with Crippen LogP contribution in [0.15, 0.2) is 0 Å². The molecule has 0 amide bonds. The summed E-state index contributed by atoms with van der Waals surface area (Å²) < 4.78 is 32.2. The van der Waals surface area contributed by atoms with E-state index in [1.807, 2.05) is 0 Å². The molecule has 0 saturated carbocycles. The minimum absolute atomic E-state index is 0.0903. The SMILES string of the molecule is FC1(F)CCOCO1. The van der Waals surface area contributed by atoms with Crippen LogP contribution in [0.1, 0.15) is 6.42 Å². The van der Waals surface area contributed by atoms with Gasteiger partial charge in [-0.25, -0.2) is 0 Å². The highest BCUT2D eigenvalue weighted by atomic mass is 19.3. The number of rotatable bonds is 0. The minimum Gasteiger partial charge on any atom is -0.355 e. The van der Waals surface area contributed by atoms with Gasteiger partial charge in [-0.3, -0.25) is 4.74 Å². The Morgan fingerprint density at radius 3 is 2.38 bits per heavy atom. The van der Waals surface area contributed by atoms with E-state index in [-0.39, 0.29) is 19.8 Å². The number of halogens is 2. The highest BCUT2D eigenvalue weighted by Crippen LogP contribution is 2.22. The molecule has 1 saturated heterocycles. The molecule has 0 N–H and O–H groups in total. The van der Waals surface area contributed by atoms with E-state index < -0.39 is 6.11 Å². The third-order valence-electron chi connectivity index (χ3n) is 0.891.